The summed E-state index contributed by atoms with van der Waals surface area (Å²) in [7, 11) is 0. The van der Waals surface area contributed by atoms with Crippen molar-refractivity contribution in [1.82, 2.24) is 0 Å². The summed E-state index contributed by atoms with van der Waals surface area (Å²) < 4.78 is 17.2. The molecule has 0 aromatic heterocycles. The summed E-state index contributed by atoms with van der Waals surface area (Å²) in [5.41, 5.74) is 0.0984. The number of halogens is 2. The third-order valence-corrected chi connectivity index (χ3v) is 2.12. The highest BCUT2D eigenvalue weighted by molar-refractivity contribution is 9.09. The zero-order valence-electron chi connectivity index (χ0n) is 8.77. The first kappa shape index (κ1) is 13.6. The smallest absolute Gasteiger partial charge is 0.306 e. The van der Waals surface area contributed by atoms with Gasteiger partial charge in [0.25, 0.3) is 0 Å². The molecule has 0 aliphatic heterocycles. The summed E-state index contributed by atoms with van der Waals surface area (Å²) in [4.78, 5) is 11.2. The molecule has 0 atom stereocenters. The maximum atomic E-state index is 12.1. The van der Waals surface area contributed by atoms with E-state index in [1.807, 2.05) is 0 Å². The van der Waals surface area contributed by atoms with Crippen LogP contribution in [0.5, 0.6) is 0 Å². The average Bonchev–Trinajstić information content (AvgIpc) is 2.03. The number of ether oxygens (including phenoxy) is 1. The maximum Gasteiger partial charge on any atom is 0.306 e. The fourth-order valence-electron chi connectivity index (χ4n) is 0.806. The molecule has 82 valence electrons. The molecule has 0 saturated carbocycles. The van der Waals surface area contributed by atoms with Crippen molar-refractivity contribution >= 4 is 21.9 Å². The van der Waals surface area contributed by atoms with Crippen molar-refractivity contribution in [1.29, 1.82) is 0 Å². The van der Waals surface area contributed by atoms with Gasteiger partial charge in [-0.25, -0.2) is 4.39 Å². The van der Waals surface area contributed by atoms with Gasteiger partial charge >= 0.3 is 5.97 Å². The van der Waals surface area contributed by atoms with E-state index >= 15 is 0 Å². The lowest BCUT2D eigenvalue weighted by Crippen LogP contribution is -2.23. The van der Waals surface area contributed by atoms with Crippen molar-refractivity contribution < 1.29 is 13.9 Å². The van der Waals surface area contributed by atoms with Crippen molar-refractivity contribution in [3.05, 3.63) is 11.9 Å². The van der Waals surface area contributed by atoms with Crippen LogP contribution in [0.25, 0.3) is 0 Å². The lowest BCUT2D eigenvalue weighted by atomic mass is 10.1. The molecule has 14 heavy (non-hydrogen) atoms. The summed E-state index contributed by atoms with van der Waals surface area (Å²) >= 11 is 3.13. The van der Waals surface area contributed by atoms with Crippen molar-refractivity contribution in [2.45, 2.75) is 39.2 Å². The van der Waals surface area contributed by atoms with Gasteiger partial charge in [-0.3, -0.25) is 4.79 Å². The first-order chi connectivity index (χ1) is 6.39. The number of rotatable bonds is 4. The Hall–Kier alpha value is -0.380. The Labute approximate surface area is 92.6 Å². The molecule has 0 aromatic rings. The van der Waals surface area contributed by atoms with E-state index in [0.29, 0.717) is 23.7 Å². The van der Waals surface area contributed by atoms with Gasteiger partial charge in [0.15, 0.2) is 0 Å². The largest absolute Gasteiger partial charge is 0.460 e. The SMILES string of the molecule is CC(C)(C)OC(=O)CCC(=CF)CBr. The minimum absolute atomic E-state index is 0.221. The topological polar surface area (TPSA) is 26.3 Å². The predicted octanol–water partition coefficient (Wildman–Crippen LogP) is 3.36. The van der Waals surface area contributed by atoms with Crippen LogP contribution in [0.15, 0.2) is 11.9 Å². The van der Waals surface area contributed by atoms with Crippen LogP contribution < -0.4 is 0 Å². The molecule has 0 radical (unpaired) electrons. The number of allylic oxidation sites excluding steroid dienone is 1. The number of esters is 1. The minimum atomic E-state index is -0.467. The van der Waals surface area contributed by atoms with E-state index in [9.17, 15) is 9.18 Å². The number of hydrogen-bond acceptors (Lipinski definition) is 2. The highest BCUT2D eigenvalue weighted by Crippen LogP contribution is 2.13. The zero-order valence-corrected chi connectivity index (χ0v) is 10.4. The van der Waals surface area contributed by atoms with Gasteiger partial charge in [-0.1, -0.05) is 15.9 Å². The van der Waals surface area contributed by atoms with Crippen LogP contribution in [0.3, 0.4) is 0 Å². The molecule has 0 saturated heterocycles. The molecule has 2 nitrogen and oxygen atoms in total. The molecule has 0 fully saturated rings. The normalized spacial score (nSPS) is 12.8. The van der Waals surface area contributed by atoms with Gasteiger partial charge in [-0.15, -0.1) is 0 Å². The Balaban J connectivity index is 3.86. The van der Waals surface area contributed by atoms with Gasteiger partial charge in [0, 0.05) is 11.8 Å². The minimum Gasteiger partial charge on any atom is -0.460 e. The summed E-state index contributed by atoms with van der Waals surface area (Å²) in [5.74, 6) is -0.294. The third kappa shape index (κ3) is 7.06. The van der Waals surface area contributed by atoms with Crippen LogP contribution in [-0.4, -0.2) is 16.9 Å². The Kier molecular flexibility index (Phi) is 6.00. The number of hydrogen-bond donors (Lipinski definition) is 0. The van der Waals surface area contributed by atoms with Gasteiger partial charge in [0.1, 0.15) is 5.60 Å². The predicted molar refractivity (Wildman–Crippen MR) is 58.1 cm³/mol. The fraction of sp³-hybridized carbons (Fsp3) is 0.700. The van der Waals surface area contributed by atoms with Gasteiger partial charge in [-0.05, 0) is 32.8 Å². The van der Waals surface area contributed by atoms with E-state index in [4.69, 9.17) is 4.74 Å². The number of carbonyl (C=O) groups excluding carboxylic acids is 1. The Morgan fingerprint density at radius 1 is 1.43 bits per heavy atom. The van der Waals surface area contributed by atoms with Crippen LogP contribution >= 0.6 is 15.9 Å². The molecule has 0 N–H and O–H groups in total. The molecule has 0 amide bonds. The van der Waals surface area contributed by atoms with E-state index in [1.165, 1.54) is 0 Å². The lowest BCUT2D eigenvalue weighted by Gasteiger charge is -2.19. The Morgan fingerprint density at radius 3 is 2.36 bits per heavy atom. The van der Waals surface area contributed by atoms with Crippen molar-refractivity contribution in [2.24, 2.45) is 0 Å². The van der Waals surface area contributed by atoms with E-state index in [0.717, 1.165) is 0 Å². The highest BCUT2D eigenvalue weighted by atomic mass is 79.9. The first-order valence-electron chi connectivity index (χ1n) is 4.45. The molecule has 0 heterocycles. The van der Waals surface area contributed by atoms with Gasteiger partial charge in [0.2, 0.25) is 0 Å². The van der Waals surface area contributed by atoms with Crippen LogP contribution in [-0.2, 0) is 9.53 Å². The van der Waals surface area contributed by atoms with Crippen molar-refractivity contribution in [3.8, 4) is 0 Å². The summed E-state index contributed by atoms with van der Waals surface area (Å²) in [6.45, 7) is 5.42. The van der Waals surface area contributed by atoms with Gasteiger partial charge in [0.05, 0.1) is 6.33 Å². The molecule has 0 bridgehead atoms. The number of carbonyl (C=O) groups is 1. The molecule has 0 rings (SSSR count). The maximum absolute atomic E-state index is 12.1. The van der Waals surface area contributed by atoms with Crippen molar-refractivity contribution in [2.75, 3.05) is 5.33 Å². The second-order valence-electron chi connectivity index (χ2n) is 3.99. The van der Waals surface area contributed by atoms with E-state index in [2.05, 4.69) is 15.9 Å². The summed E-state index contributed by atoms with van der Waals surface area (Å²) in [6.07, 6.45) is 1.15. The van der Waals surface area contributed by atoms with E-state index in [1.54, 1.807) is 20.8 Å². The molecule has 0 spiro atoms. The summed E-state index contributed by atoms with van der Waals surface area (Å²) in [5, 5.41) is 0.451. The zero-order chi connectivity index (χ0) is 11.2. The fourth-order valence-corrected chi connectivity index (χ4v) is 1.21. The Morgan fingerprint density at radius 2 is 2.00 bits per heavy atom. The van der Waals surface area contributed by atoms with Crippen LogP contribution in [0, 0.1) is 0 Å². The van der Waals surface area contributed by atoms with Crippen LogP contribution in [0.4, 0.5) is 4.39 Å². The monoisotopic (exact) mass is 266 g/mol. The molecule has 0 aliphatic carbocycles. The quantitative estimate of drug-likeness (QED) is 0.576. The van der Waals surface area contributed by atoms with Crippen LogP contribution in [0.2, 0.25) is 0 Å². The number of alkyl halides is 1. The second-order valence-corrected chi connectivity index (χ2v) is 4.55. The van der Waals surface area contributed by atoms with Crippen molar-refractivity contribution in [3.63, 3.8) is 0 Å². The molecule has 0 unspecified atom stereocenters. The molecule has 0 aliphatic rings. The molecular formula is C10H16BrFO2. The van der Waals surface area contributed by atoms with Gasteiger partial charge in [-0.2, -0.15) is 0 Å². The van der Waals surface area contributed by atoms with Crippen LogP contribution in [0.1, 0.15) is 33.6 Å². The standard InChI is InChI=1S/C10H16BrFO2/c1-10(2,3)14-9(13)5-4-8(6-11)7-12/h7H,4-6H2,1-3H3. The first-order valence-corrected chi connectivity index (χ1v) is 5.57. The second kappa shape index (κ2) is 6.17. The molecule has 0 aromatic carbocycles. The lowest BCUT2D eigenvalue weighted by molar-refractivity contribution is -0.154. The molecule has 4 heteroatoms. The molecular weight excluding hydrogens is 251 g/mol. The highest BCUT2D eigenvalue weighted by Gasteiger charge is 2.15. The van der Waals surface area contributed by atoms with Gasteiger partial charge < -0.3 is 4.74 Å². The average molecular weight is 267 g/mol. The Bertz CT molecular complexity index is 219. The summed E-state index contributed by atoms with van der Waals surface area (Å²) in [6, 6.07) is 0. The third-order valence-electron chi connectivity index (χ3n) is 1.40. The van der Waals surface area contributed by atoms with E-state index < -0.39 is 5.60 Å². The van der Waals surface area contributed by atoms with E-state index in [-0.39, 0.29) is 12.4 Å².